The number of carbonyl (C=O) groups excluding carboxylic acids is 1. The van der Waals surface area contributed by atoms with E-state index < -0.39 is 0 Å². The predicted molar refractivity (Wildman–Crippen MR) is 70.1 cm³/mol. The van der Waals surface area contributed by atoms with Crippen LogP contribution in [0.5, 0.6) is 0 Å². The summed E-state index contributed by atoms with van der Waals surface area (Å²) in [7, 11) is 0. The van der Waals surface area contributed by atoms with Crippen LogP contribution < -0.4 is 0 Å². The molecule has 0 bridgehead atoms. The summed E-state index contributed by atoms with van der Waals surface area (Å²) in [6.07, 6.45) is 0.861. The normalized spacial score (nSPS) is 10.4. The van der Waals surface area contributed by atoms with E-state index in [1.807, 2.05) is 32.0 Å². The van der Waals surface area contributed by atoms with Gasteiger partial charge in [-0.25, -0.2) is 4.98 Å². The summed E-state index contributed by atoms with van der Waals surface area (Å²) in [4.78, 5) is 15.1. The Morgan fingerprint density at radius 1 is 1.38 bits per heavy atom. The molecule has 0 N–H and O–H groups in total. The zero-order valence-corrected chi connectivity index (χ0v) is 11.4. The molecule has 2 rings (SSSR count). The van der Waals surface area contributed by atoms with Crippen molar-refractivity contribution in [2.45, 2.75) is 13.8 Å². The van der Waals surface area contributed by atoms with E-state index in [-0.39, 0.29) is 0 Å². The van der Waals surface area contributed by atoms with E-state index in [2.05, 4.69) is 20.9 Å². The molecule has 16 heavy (non-hydrogen) atoms. The van der Waals surface area contributed by atoms with Crippen LogP contribution in [0.25, 0.3) is 10.6 Å². The average molecular weight is 296 g/mol. The third-order valence-electron chi connectivity index (χ3n) is 2.36. The van der Waals surface area contributed by atoms with Gasteiger partial charge in [-0.15, -0.1) is 11.3 Å². The number of hydrogen-bond acceptors (Lipinski definition) is 3. The number of hydrogen-bond donors (Lipinski definition) is 0. The summed E-state index contributed by atoms with van der Waals surface area (Å²) in [5.74, 6) is 0. The first-order valence-electron chi connectivity index (χ1n) is 4.81. The standard InChI is InChI=1S/C12H10BrNOS/c1-7-5-9(6-15)3-4-10(7)12-14-8(2)11(13)16-12/h3-6H,1-2H3. The van der Waals surface area contributed by atoms with Crippen molar-refractivity contribution in [3.05, 3.63) is 38.8 Å². The van der Waals surface area contributed by atoms with Crippen LogP contribution in [-0.2, 0) is 0 Å². The molecule has 0 saturated heterocycles. The quantitative estimate of drug-likeness (QED) is 0.784. The van der Waals surface area contributed by atoms with Gasteiger partial charge in [0.15, 0.2) is 0 Å². The zero-order chi connectivity index (χ0) is 11.7. The number of benzene rings is 1. The van der Waals surface area contributed by atoms with Gasteiger partial charge >= 0.3 is 0 Å². The summed E-state index contributed by atoms with van der Waals surface area (Å²) >= 11 is 5.08. The number of aromatic nitrogens is 1. The zero-order valence-electron chi connectivity index (χ0n) is 8.95. The van der Waals surface area contributed by atoms with Gasteiger partial charge in [-0.05, 0) is 41.4 Å². The van der Waals surface area contributed by atoms with Crippen molar-refractivity contribution >= 4 is 33.6 Å². The van der Waals surface area contributed by atoms with E-state index in [1.165, 1.54) is 0 Å². The van der Waals surface area contributed by atoms with Crippen molar-refractivity contribution in [1.82, 2.24) is 4.98 Å². The second-order valence-corrected chi connectivity index (χ2v) is 5.89. The van der Waals surface area contributed by atoms with E-state index in [4.69, 9.17) is 0 Å². The number of aryl methyl sites for hydroxylation is 2. The van der Waals surface area contributed by atoms with Crippen molar-refractivity contribution in [2.75, 3.05) is 0 Å². The number of thiazole rings is 1. The molecule has 0 spiro atoms. The highest BCUT2D eigenvalue weighted by atomic mass is 79.9. The Balaban J connectivity index is 2.52. The predicted octanol–water partition coefficient (Wildman–Crippen LogP) is 4.00. The molecule has 1 aromatic carbocycles. The molecular weight excluding hydrogens is 286 g/mol. The average Bonchev–Trinajstić information content (AvgIpc) is 2.58. The Labute approximate surface area is 106 Å². The van der Waals surface area contributed by atoms with Crippen molar-refractivity contribution in [3.8, 4) is 10.6 Å². The third-order valence-corrected chi connectivity index (χ3v) is 4.40. The summed E-state index contributed by atoms with van der Waals surface area (Å²) in [5.41, 5.74) is 3.86. The minimum atomic E-state index is 0.702. The van der Waals surface area contributed by atoms with Crippen LogP contribution in [0.2, 0.25) is 0 Å². The molecule has 4 heteroatoms. The molecule has 0 fully saturated rings. The summed E-state index contributed by atoms with van der Waals surface area (Å²) in [6, 6.07) is 5.65. The minimum absolute atomic E-state index is 0.702. The number of nitrogens with zero attached hydrogens (tertiary/aromatic N) is 1. The second-order valence-electron chi connectivity index (χ2n) is 3.57. The van der Waals surface area contributed by atoms with E-state index in [0.717, 1.165) is 31.9 Å². The van der Waals surface area contributed by atoms with Gasteiger partial charge in [-0.3, -0.25) is 4.79 Å². The number of rotatable bonds is 2. The fourth-order valence-corrected chi connectivity index (χ4v) is 2.93. The van der Waals surface area contributed by atoms with Gasteiger partial charge in [0.25, 0.3) is 0 Å². The van der Waals surface area contributed by atoms with Crippen molar-refractivity contribution in [1.29, 1.82) is 0 Å². The lowest BCUT2D eigenvalue weighted by Crippen LogP contribution is -1.86. The van der Waals surface area contributed by atoms with Gasteiger partial charge in [0, 0.05) is 11.1 Å². The van der Waals surface area contributed by atoms with Gasteiger partial charge < -0.3 is 0 Å². The number of halogens is 1. The Morgan fingerprint density at radius 2 is 2.12 bits per heavy atom. The van der Waals surface area contributed by atoms with E-state index in [1.54, 1.807) is 11.3 Å². The van der Waals surface area contributed by atoms with E-state index in [9.17, 15) is 4.79 Å². The lowest BCUT2D eigenvalue weighted by molar-refractivity contribution is 0.112. The molecule has 0 radical (unpaired) electrons. The fourth-order valence-electron chi connectivity index (χ4n) is 1.49. The van der Waals surface area contributed by atoms with Gasteiger partial charge in [-0.1, -0.05) is 12.1 Å². The van der Waals surface area contributed by atoms with Crippen LogP contribution in [-0.4, -0.2) is 11.3 Å². The molecule has 0 aliphatic rings. The maximum atomic E-state index is 10.6. The molecule has 0 atom stereocenters. The van der Waals surface area contributed by atoms with E-state index >= 15 is 0 Å². The van der Waals surface area contributed by atoms with Crippen LogP contribution in [0, 0.1) is 13.8 Å². The molecule has 0 unspecified atom stereocenters. The largest absolute Gasteiger partial charge is 0.298 e. The molecule has 2 nitrogen and oxygen atoms in total. The van der Waals surface area contributed by atoms with Crippen molar-refractivity contribution < 1.29 is 4.79 Å². The van der Waals surface area contributed by atoms with Crippen LogP contribution in [0.15, 0.2) is 22.0 Å². The maximum absolute atomic E-state index is 10.6. The molecule has 1 aromatic heterocycles. The Kier molecular flexibility index (Phi) is 3.21. The first kappa shape index (κ1) is 11.5. The van der Waals surface area contributed by atoms with Gasteiger partial charge in [0.2, 0.25) is 0 Å². The maximum Gasteiger partial charge on any atom is 0.150 e. The van der Waals surface area contributed by atoms with Crippen molar-refractivity contribution in [2.24, 2.45) is 0 Å². The first-order chi connectivity index (χ1) is 7.61. The SMILES string of the molecule is Cc1cc(C=O)ccc1-c1nc(C)c(Br)s1. The Hall–Kier alpha value is -1.000. The van der Waals surface area contributed by atoms with E-state index in [0.29, 0.717) is 5.56 Å². The van der Waals surface area contributed by atoms with Gasteiger partial charge in [0.1, 0.15) is 11.3 Å². The Bertz CT molecular complexity index is 528. The molecule has 1 heterocycles. The number of aldehydes is 1. The monoisotopic (exact) mass is 295 g/mol. The second kappa shape index (κ2) is 4.47. The molecule has 0 saturated carbocycles. The molecule has 0 aliphatic carbocycles. The molecule has 2 aromatic rings. The van der Waals surface area contributed by atoms with Crippen molar-refractivity contribution in [3.63, 3.8) is 0 Å². The van der Waals surface area contributed by atoms with Crippen LogP contribution in [0.3, 0.4) is 0 Å². The first-order valence-corrected chi connectivity index (χ1v) is 6.42. The Morgan fingerprint density at radius 3 is 2.62 bits per heavy atom. The van der Waals surface area contributed by atoms with Gasteiger partial charge in [-0.2, -0.15) is 0 Å². The highest BCUT2D eigenvalue weighted by Crippen LogP contribution is 2.33. The highest BCUT2D eigenvalue weighted by Gasteiger charge is 2.09. The molecule has 0 aliphatic heterocycles. The topological polar surface area (TPSA) is 30.0 Å². The van der Waals surface area contributed by atoms with Crippen LogP contribution in [0.1, 0.15) is 21.6 Å². The number of carbonyl (C=O) groups is 1. The fraction of sp³-hybridized carbons (Fsp3) is 0.167. The van der Waals surface area contributed by atoms with Gasteiger partial charge in [0.05, 0.1) is 9.48 Å². The summed E-state index contributed by atoms with van der Waals surface area (Å²) in [6.45, 7) is 3.96. The van der Waals surface area contributed by atoms with Crippen LogP contribution in [0.4, 0.5) is 0 Å². The molecular formula is C12H10BrNOS. The summed E-state index contributed by atoms with van der Waals surface area (Å²) < 4.78 is 1.06. The molecule has 0 amide bonds. The highest BCUT2D eigenvalue weighted by molar-refractivity contribution is 9.11. The third kappa shape index (κ3) is 2.08. The lowest BCUT2D eigenvalue weighted by atomic mass is 10.1. The minimum Gasteiger partial charge on any atom is -0.298 e. The smallest absolute Gasteiger partial charge is 0.150 e. The molecule has 82 valence electrons. The summed E-state index contributed by atoms with van der Waals surface area (Å²) in [5, 5.41) is 0.985. The van der Waals surface area contributed by atoms with Crippen LogP contribution >= 0.6 is 27.3 Å². The lowest BCUT2D eigenvalue weighted by Gasteiger charge is -2.02.